The largest absolute Gasteiger partial charge is 0.469 e. The number of carbonyl (C=O) groups excluding carboxylic acids is 2. The van der Waals surface area contributed by atoms with Crippen LogP contribution in [-0.2, 0) is 16.1 Å². The molecule has 0 N–H and O–H groups in total. The summed E-state index contributed by atoms with van der Waals surface area (Å²) in [6, 6.07) is 15.9. The number of benzene rings is 2. The van der Waals surface area contributed by atoms with E-state index >= 15 is 0 Å². The Bertz CT molecular complexity index is 703. The molecule has 0 amide bonds. The Morgan fingerprint density at radius 2 is 1.92 bits per heavy atom. The molecular weight excluding hydrogens is 382 g/mol. The number of nitrogens with zero attached hydrogens (tertiary/aromatic N) is 1. The molecule has 0 aliphatic rings. The van der Waals surface area contributed by atoms with Gasteiger partial charge in [-0.1, -0.05) is 46.3 Å². The normalized spacial score (nSPS) is 10.3. The minimum Gasteiger partial charge on any atom is -0.469 e. The number of halogens is 1. The third kappa shape index (κ3) is 6.02. The number of ether oxygens (including phenoxy) is 1. The van der Waals surface area contributed by atoms with Crippen molar-refractivity contribution in [3.8, 4) is 0 Å². The molecule has 2 aromatic carbocycles. The average molecular weight is 404 g/mol. The minimum atomic E-state index is -0.188. The van der Waals surface area contributed by atoms with E-state index in [4.69, 9.17) is 0 Å². The highest BCUT2D eigenvalue weighted by Gasteiger charge is 2.13. The van der Waals surface area contributed by atoms with Gasteiger partial charge in [-0.15, -0.1) is 0 Å². The van der Waals surface area contributed by atoms with E-state index in [2.05, 4.69) is 37.7 Å². The van der Waals surface area contributed by atoms with E-state index in [1.54, 1.807) is 0 Å². The highest BCUT2D eigenvalue weighted by atomic mass is 79.9. The number of rotatable bonds is 9. The summed E-state index contributed by atoms with van der Waals surface area (Å²) in [5, 5.41) is 0. The molecule has 0 fully saturated rings. The zero-order valence-electron chi connectivity index (χ0n) is 14.3. The fourth-order valence-electron chi connectivity index (χ4n) is 2.67. The summed E-state index contributed by atoms with van der Waals surface area (Å²) in [7, 11) is 1.40. The Hall–Kier alpha value is -2.14. The predicted octanol–water partition coefficient (Wildman–Crippen LogP) is 4.61. The zero-order valence-corrected chi connectivity index (χ0v) is 15.9. The van der Waals surface area contributed by atoms with E-state index in [0.29, 0.717) is 18.5 Å². The Labute approximate surface area is 156 Å². The van der Waals surface area contributed by atoms with Crippen LogP contribution in [0.3, 0.4) is 0 Å². The Balaban J connectivity index is 2.14. The van der Waals surface area contributed by atoms with Gasteiger partial charge in [-0.2, -0.15) is 0 Å². The Morgan fingerprint density at radius 1 is 1.16 bits per heavy atom. The molecule has 0 aliphatic carbocycles. The van der Waals surface area contributed by atoms with Crippen LogP contribution < -0.4 is 4.90 Å². The van der Waals surface area contributed by atoms with Crippen LogP contribution in [0.2, 0.25) is 0 Å². The van der Waals surface area contributed by atoms with E-state index in [0.717, 1.165) is 35.8 Å². The zero-order chi connectivity index (χ0) is 18.1. The molecule has 0 saturated carbocycles. The van der Waals surface area contributed by atoms with Crippen LogP contribution in [0.4, 0.5) is 5.69 Å². The van der Waals surface area contributed by atoms with Crippen molar-refractivity contribution in [1.29, 1.82) is 0 Å². The van der Waals surface area contributed by atoms with Crippen molar-refractivity contribution < 1.29 is 14.3 Å². The van der Waals surface area contributed by atoms with Crippen molar-refractivity contribution in [2.45, 2.75) is 25.8 Å². The van der Waals surface area contributed by atoms with Gasteiger partial charge in [0.05, 0.1) is 7.11 Å². The molecule has 0 atom stereocenters. The number of methoxy groups -OCH3 is 1. The number of unbranched alkanes of at least 4 members (excludes halogenated alkanes) is 1. The third-order valence-corrected chi connectivity index (χ3v) is 4.45. The van der Waals surface area contributed by atoms with Gasteiger partial charge in [0.15, 0.2) is 6.29 Å². The molecule has 0 heterocycles. The molecule has 0 unspecified atom stereocenters. The summed E-state index contributed by atoms with van der Waals surface area (Å²) in [4.78, 5) is 24.9. The first-order valence-corrected chi connectivity index (χ1v) is 9.03. The summed E-state index contributed by atoms with van der Waals surface area (Å²) in [5.41, 5.74) is 2.73. The standard InChI is InChI=1S/C20H22BrNO3/c1-25-20(24)9-5-6-12-22(14-16-7-3-2-4-8-16)19-11-10-18(21)13-17(19)15-23/h2-4,7-8,10-11,13,15H,5-6,9,12,14H2,1H3. The molecule has 2 aromatic rings. The first kappa shape index (κ1) is 19.2. The Morgan fingerprint density at radius 3 is 2.60 bits per heavy atom. The number of anilines is 1. The van der Waals surface area contributed by atoms with Crippen LogP contribution >= 0.6 is 15.9 Å². The van der Waals surface area contributed by atoms with Crippen molar-refractivity contribution in [2.75, 3.05) is 18.6 Å². The minimum absolute atomic E-state index is 0.188. The highest BCUT2D eigenvalue weighted by molar-refractivity contribution is 9.10. The van der Waals surface area contributed by atoms with Gasteiger partial charge in [0.2, 0.25) is 0 Å². The van der Waals surface area contributed by atoms with Crippen LogP contribution in [0.1, 0.15) is 35.2 Å². The van der Waals surface area contributed by atoms with Gasteiger partial charge >= 0.3 is 5.97 Å². The molecule has 25 heavy (non-hydrogen) atoms. The second kappa shape index (κ2) is 9.99. The predicted molar refractivity (Wildman–Crippen MR) is 103 cm³/mol. The van der Waals surface area contributed by atoms with E-state index in [-0.39, 0.29) is 5.97 Å². The molecule has 132 valence electrons. The van der Waals surface area contributed by atoms with Crippen LogP contribution in [0.5, 0.6) is 0 Å². The molecule has 5 heteroatoms. The van der Waals surface area contributed by atoms with Crippen LogP contribution in [0, 0.1) is 0 Å². The molecule has 0 bridgehead atoms. The van der Waals surface area contributed by atoms with Gasteiger partial charge in [0, 0.05) is 35.2 Å². The fraction of sp³-hybridized carbons (Fsp3) is 0.300. The lowest BCUT2D eigenvalue weighted by atomic mass is 10.1. The number of aldehydes is 1. The van der Waals surface area contributed by atoms with E-state index in [1.807, 2.05) is 36.4 Å². The molecule has 2 rings (SSSR count). The number of carbonyl (C=O) groups is 2. The second-order valence-corrected chi connectivity index (χ2v) is 6.68. The molecule has 0 spiro atoms. The van der Waals surface area contributed by atoms with Crippen LogP contribution in [-0.4, -0.2) is 25.9 Å². The lowest BCUT2D eigenvalue weighted by Crippen LogP contribution is -2.25. The maximum Gasteiger partial charge on any atom is 0.305 e. The number of esters is 1. The van der Waals surface area contributed by atoms with Crippen molar-refractivity contribution >= 4 is 33.9 Å². The second-order valence-electron chi connectivity index (χ2n) is 5.76. The van der Waals surface area contributed by atoms with Crippen molar-refractivity contribution in [1.82, 2.24) is 0 Å². The van der Waals surface area contributed by atoms with Gasteiger partial charge < -0.3 is 9.64 Å². The first-order valence-electron chi connectivity index (χ1n) is 8.24. The van der Waals surface area contributed by atoms with Crippen molar-refractivity contribution in [2.24, 2.45) is 0 Å². The van der Waals surface area contributed by atoms with E-state index in [9.17, 15) is 9.59 Å². The molecular formula is C20H22BrNO3. The average Bonchev–Trinajstić information content (AvgIpc) is 2.64. The van der Waals surface area contributed by atoms with Crippen LogP contribution in [0.15, 0.2) is 53.0 Å². The van der Waals surface area contributed by atoms with Gasteiger partial charge in [0.25, 0.3) is 0 Å². The van der Waals surface area contributed by atoms with E-state index in [1.165, 1.54) is 12.7 Å². The van der Waals surface area contributed by atoms with Gasteiger partial charge in [-0.05, 0) is 36.6 Å². The van der Waals surface area contributed by atoms with Crippen molar-refractivity contribution in [3.05, 3.63) is 64.1 Å². The highest BCUT2D eigenvalue weighted by Crippen LogP contribution is 2.25. The first-order chi connectivity index (χ1) is 12.1. The summed E-state index contributed by atoms with van der Waals surface area (Å²) in [6.45, 7) is 1.47. The maximum absolute atomic E-state index is 11.5. The lowest BCUT2D eigenvalue weighted by Gasteiger charge is -2.26. The summed E-state index contributed by atoms with van der Waals surface area (Å²) in [6.07, 6.45) is 2.89. The summed E-state index contributed by atoms with van der Waals surface area (Å²) >= 11 is 3.41. The summed E-state index contributed by atoms with van der Waals surface area (Å²) < 4.78 is 5.56. The molecule has 0 aromatic heterocycles. The maximum atomic E-state index is 11.5. The topological polar surface area (TPSA) is 46.6 Å². The smallest absolute Gasteiger partial charge is 0.305 e. The van der Waals surface area contributed by atoms with Crippen molar-refractivity contribution in [3.63, 3.8) is 0 Å². The monoisotopic (exact) mass is 403 g/mol. The van der Waals surface area contributed by atoms with Crippen LogP contribution in [0.25, 0.3) is 0 Å². The van der Waals surface area contributed by atoms with Gasteiger partial charge in [-0.25, -0.2) is 0 Å². The summed E-state index contributed by atoms with van der Waals surface area (Å²) in [5.74, 6) is -0.188. The molecule has 0 radical (unpaired) electrons. The van der Waals surface area contributed by atoms with Gasteiger partial charge in [0.1, 0.15) is 0 Å². The molecule has 0 saturated heterocycles. The quantitative estimate of drug-likeness (QED) is 0.348. The lowest BCUT2D eigenvalue weighted by molar-refractivity contribution is -0.140. The fourth-order valence-corrected chi connectivity index (χ4v) is 3.05. The van der Waals surface area contributed by atoms with E-state index < -0.39 is 0 Å². The SMILES string of the molecule is COC(=O)CCCCN(Cc1ccccc1)c1ccc(Br)cc1C=O. The Kier molecular flexibility index (Phi) is 7.67. The van der Waals surface area contributed by atoms with Gasteiger partial charge in [-0.3, -0.25) is 9.59 Å². The molecule has 4 nitrogen and oxygen atoms in total. The number of hydrogen-bond acceptors (Lipinski definition) is 4. The molecule has 0 aliphatic heterocycles. The third-order valence-electron chi connectivity index (χ3n) is 3.96. The number of hydrogen-bond donors (Lipinski definition) is 0.